The van der Waals surface area contributed by atoms with Gasteiger partial charge in [-0.25, -0.2) is 4.21 Å². The van der Waals surface area contributed by atoms with E-state index >= 15 is 0 Å². The van der Waals surface area contributed by atoms with Gasteiger partial charge in [0.05, 0.1) is 18.9 Å². The lowest BCUT2D eigenvalue weighted by atomic mass is 10.4. The van der Waals surface area contributed by atoms with Crippen LogP contribution in [0.1, 0.15) is 6.42 Å². The molecule has 0 fully saturated rings. The molecule has 0 spiro atoms. The molecule has 0 aliphatic carbocycles. The molecule has 0 aliphatic rings. The van der Waals surface area contributed by atoms with Gasteiger partial charge in [-0.1, -0.05) is 43.9 Å². The summed E-state index contributed by atoms with van der Waals surface area (Å²) in [5.74, 6) is 0. The normalized spacial score (nSPS) is 14.7. The van der Waals surface area contributed by atoms with E-state index in [2.05, 4.69) is 19.6 Å². The average molecular weight is 268 g/mol. The van der Waals surface area contributed by atoms with E-state index in [0.29, 0.717) is 6.42 Å². The van der Waals surface area contributed by atoms with E-state index in [9.17, 15) is 4.21 Å². The van der Waals surface area contributed by atoms with Gasteiger partial charge in [0, 0.05) is 16.0 Å². The van der Waals surface area contributed by atoms with Gasteiger partial charge in [0.15, 0.2) is 0 Å². The number of benzene rings is 1. The van der Waals surface area contributed by atoms with Crippen LogP contribution in [-0.2, 0) is 10.8 Å². The first kappa shape index (κ1) is 14.3. The lowest BCUT2D eigenvalue weighted by molar-refractivity contribution is 0.302. The molecule has 0 saturated carbocycles. The molecule has 0 aromatic heterocycles. The van der Waals surface area contributed by atoms with E-state index in [1.54, 1.807) is 0 Å². The molecule has 1 atom stereocenters. The van der Waals surface area contributed by atoms with E-state index in [1.807, 2.05) is 36.4 Å². The molecular formula is C13H20O2SSi. The van der Waals surface area contributed by atoms with Crippen molar-refractivity contribution in [1.29, 1.82) is 0 Å². The Labute approximate surface area is 107 Å². The summed E-state index contributed by atoms with van der Waals surface area (Å²) in [6, 6.07) is 9.51. The van der Waals surface area contributed by atoms with E-state index in [4.69, 9.17) is 5.11 Å². The summed E-state index contributed by atoms with van der Waals surface area (Å²) in [5.41, 5.74) is 0. The Kier molecular flexibility index (Phi) is 5.30. The summed E-state index contributed by atoms with van der Waals surface area (Å²) in [6.45, 7) is 6.64. The molecule has 2 nitrogen and oxygen atoms in total. The first-order valence-corrected chi connectivity index (χ1v) is 10.4. The minimum absolute atomic E-state index is 0.111. The van der Waals surface area contributed by atoms with E-state index < -0.39 is 18.9 Å². The quantitative estimate of drug-likeness (QED) is 0.834. The summed E-state index contributed by atoms with van der Waals surface area (Å²) < 4.78 is 13.5. The largest absolute Gasteiger partial charge is 0.396 e. The van der Waals surface area contributed by atoms with Crippen molar-refractivity contribution in [2.75, 3.05) is 6.61 Å². The van der Waals surface area contributed by atoms with Crippen LogP contribution in [0, 0.1) is 0 Å². The van der Waals surface area contributed by atoms with E-state index in [-0.39, 0.29) is 6.61 Å². The van der Waals surface area contributed by atoms with Gasteiger partial charge in [-0.15, -0.1) is 0 Å². The van der Waals surface area contributed by atoms with Crippen LogP contribution >= 0.6 is 0 Å². The Hall–Kier alpha value is -0.713. The molecule has 0 heterocycles. The van der Waals surface area contributed by atoms with Gasteiger partial charge in [0.2, 0.25) is 0 Å². The first-order chi connectivity index (χ1) is 7.96. The fraction of sp³-hybridized carbons (Fsp3) is 0.385. The predicted molar refractivity (Wildman–Crippen MR) is 76.0 cm³/mol. The number of aliphatic hydroxyl groups excluding tert-OH is 1. The Bertz CT molecular complexity index is 407. The predicted octanol–water partition coefficient (Wildman–Crippen LogP) is 2.94. The molecule has 1 N–H and O–H groups in total. The third-order valence-electron chi connectivity index (χ3n) is 2.36. The summed E-state index contributed by atoms with van der Waals surface area (Å²) >= 11 is 0. The van der Waals surface area contributed by atoms with E-state index in [1.165, 1.54) is 0 Å². The Morgan fingerprint density at radius 2 is 1.88 bits per heavy atom. The second-order valence-corrected chi connectivity index (χ2v) is 11.8. The second-order valence-electron chi connectivity index (χ2n) is 4.91. The van der Waals surface area contributed by atoms with Crippen LogP contribution in [0.5, 0.6) is 0 Å². The monoisotopic (exact) mass is 268 g/mol. The lowest BCUT2D eigenvalue weighted by Crippen LogP contribution is -2.27. The van der Waals surface area contributed by atoms with Crippen LogP contribution in [0.3, 0.4) is 0 Å². The second kappa shape index (κ2) is 6.28. The van der Waals surface area contributed by atoms with Gasteiger partial charge >= 0.3 is 0 Å². The Morgan fingerprint density at radius 3 is 2.35 bits per heavy atom. The summed E-state index contributed by atoms with van der Waals surface area (Å²) in [4.78, 5) is 0.846. The van der Waals surface area contributed by atoms with Crippen LogP contribution < -0.4 is 0 Å². The number of aliphatic hydroxyl groups is 1. The maximum absolute atomic E-state index is 12.5. The van der Waals surface area contributed by atoms with Crippen LogP contribution in [0.15, 0.2) is 45.8 Å². The first-order valence-electron chi connectivity index (χ1n) is 5.75. The lowest BCUT2D eigenvalue weighted by Gasteiger charge is -2.20. The van der Waals surface area contributed by atoms with Crippen LogP contribution in [0.4, 0.5) is 0 Å². The zero-order chi connectivity index (χ0) is 12.9. The van der Waals surface area contributed by atoms with Gasteiger partial charge in [-0.2, -0.15) is 0 Å². The van der Waals surface area contributed by atoms with Crippen molar-refractivity contribution in [3.05, 3.63) is 40.9 Å². The van der Waals surface area contributed by atoms with Crippen LogP contribution in [-0.4, -0.2) is 24.0 Å². The van der Waals surface area contributed by atoms with Crippen molar-refractivity contribution >= 4 is 18.9 Å². The molecule has 4 heteroatoms. The van der Waals surface area contributed by atoms with Crippen molar-refractivity contribution in [1.82, 2.24) is 0 Å². The Morgan fingerprint density at radius 1 is 1.29 bits per heavy atom. The summed E-state index contributed by atoms with van der Waals surface area (Å²) in [5, 5.41) is 8.91. The summed E-state index contributed by atoms with van der Waals surface area (Å²) in [6.07, 6.45) is 2.54. The van der Waals surface area contributed by atoms with Gasteiger partial charge in [-0.3, -0.25) is 0 Å². The molecule has 0 radical (unpaired) electrons. The van der Waals surface area contributed by atoms with Gasteiger partial charge in [0.25, 0.3) is 0 Å². The molecule has 0 amide bonds. The fourth-order valence-corrected chi connectivity index (χ4v) is 5.79. The zero-order valence-electron chi connectivity index (χ0n) is 10.6. The minimum atomic E-state index is -1.62. The third kappa shape index (κ3) is 4.22. The molecule has 1 unspecified atom stereocenters. The maximum Gasteiger partial charge on any atom is 0.0891 e. The van der Waals surface area contributed by atoms with Crippen molar-refractivity contribution in [2.24, 2.45) is 0 Å². The van der Waals surface area contributed by atoms with Crippen molar-refractivity contribution in [3.8, 4) is 0 Å². The molecule has 1 rings (SSSR count). The van der Waals surface area contributed by atoms with Crippen molar-refractivity contribution in [2.45, 2.75) is 31.0 Å². The standard InChI is InChI=1S/C13H20O2SSi/c1-17(2,3)13(10-7-11-14)16(15)12-8-5-4-6-9-12/h4-6,8-10,14H,7,11H2,1-3H3/b13-10+. The zero-order valence-corrected chi connectivity index (χ0v) is 12.5. The highest BCUT2D eigenvalue weighted by atomic mass is 32.2. The SMILES string of the molecule is C[Si](C)(C)/C(=C/CCO)S(=O)c1ccccc1. The highest BCUT2D eigenvalue weighted by molar-refractivity contribution is 7.91. The number of hydrogen-bond acceptors (Lipinski definition) is 2. The average Bonchev–Trinajstić information content (AvgIpc) is 2.29. The molecule has 17 heavy (non-hydrogen) atoms. The molecule has 0 bridgehead atoms. The fourth-order valence-electron chi connectivity index (χ4n) is 1.53. The van der Waals surface area contributed by atoms with Gasteiger partial charge < -0.3 is 5.11 Å². The van der Waals surface area contributed by atoms with Gasteiger partial charge in [-0.05, 0) is 18.6 Å². The highest BCUT2D eigenvalue weighted by Gasteiger charge is 2.25. The topological polar surface area (TPSA) is 37.3 Å². The van der Waals surface area contributed by atoms with Crippen molar-refractivity contribution in [3.63, 3.8) is 0 Å². The highest BCUT2D eigenvalue weighted by Crippen LogP contribution is 2.24. The molecule has 1 aromatic rings. The molecule has 94 valence electrons. The summed E-state index contributed by atoms with van der Waals surface area (Å²) in [7, 11) is -2.70. The number of hydrogen-bond donors (Lipinski definition) is 1. The Balaban J connectivity index is 3.05. The molecular weight excluding hydrogens is 248 g/mol. The molecule has 0 aliphatic heterocycles. The van der Waals surface area contributed by atoms with Crippen molar-refractivity contribution < 1.29 is 9.32 Å². The minimum Gasteiger partial charge on any atom is -0.396 e. The van der Waals surface area contributed by atoms with Crippen LogP contribution in [0.25, 0.3) is 0 Å². The molecule has 1 aromatic carbocycles. The smallest absolute Gasteiger partial charge is 0.0891 e. The third-order valence-corrected chi connectivity index (χ3v) is 7.70. The van der Waals surface area contributed by atoms with E-state index in [0.717, 1.165) is 9.42 Å². The van der Waals surface area contributed by atoms with Gasteiger partial charge in [0.1, 0.15) is 0 Å². The molecule has 0 saturated heterocycles. The number of rotatable bonds is 5. The van der Waals surface area contributed by atoms with Crippen LogP contribution in [0.2, 0.25) is 19.6 Å². The maximum atomic E-state index is 12.5.